The Morgan fingerprint density at radius 1 is 0.977 bits per heavy atom. The van der Waals surface area contributed by atoms with Crippen LogP contribution in [0.5, 0.6) is 0 Å². The molecule has 3 heterocycles. The summed E-state index contributed by atoms with van der Waals surface area (Å²) in [5.74, 6) is -1.14. The number of unbranched alkanes of at least 4 members (excludes halogenated alkanes) is 6. The Hall–Kier alpha value is -2.19. The third-order valence-electron chi connectivity index (χ3n) is 7.07. The average molecular weight is 692 g/mol. The standard InChI is InChI=1S/C31H40F3NO5S4/c1-4-6-8-10-12-21-16-17-41-28(21)25-14-15-26(43-25)29-22(13-11-9-7-5-2)18-23(42-29)19-24(35-3)30(36)40-20-27(32)31(33,34)44(37,38)39/h14-19,27,35H,4-13,20H2,1-3H3,(H,37,38,39)/b24-19-. The van der Waals surface area contributed by atoms with Crippen LogP contribution in [0.25, 0.3) is 25.6 Å². The van der Waals surface area contributed by atoms with Crippen LogP contribution in [0.4, 0.5) is 13.2 Å². The first-order valence-electron chi connectivity index (χ1n) is 14.8. The lowest BCUT2D eigenvalue weighted by molar-refractivity contribution is -0.144. The van der Waals surface area contributed by atoms with Gasteiger partial charge in [-0.3, -0.25) is 4.55 Å². The third-order valence-corrected chi connectivity index (χ3v) is 11.5. The van der Waals surface area contributed by atoms with Gasteiger partial charge in [0.15, 0.2) is 0 Å². The van der Waals surface area contributed by atoms with E-state index in [1.165, 1.54) is 65.5 Å². The molecule has 2 N–H and O–H groups in total. The van der Waals surface area contributed by atoms with Crippen molar-refractivity contribution in [2.45, 2.75) is 89.5 Å². The van der Waals surface area contributed by atoms with Gasteiger partial charge in [-0.15, -0.1) is 34.0 Å². The lowest BCUT2D eigenvalue weighted by Gasteiger charge is -2.17. The fourth-order valence-electron chi connectivity index (χ4n) is 4.59. The minimum atomic E-state index is -6.01. The van der Waals surface area contributed by atoms with Crippen LogP contribution in [-0.2, 0) is 32.5 Å². The number of nitrogens with one attached hydrogen (secondary N) is 1. The number of halogens is 3. The minimum Gasteiger partial charge on any atom is -0.458 e. The molecule has 0 saturated carbocycles. The highest BCUT2D eigenvalue weighted by atomic mass is 32.2. The summed E-state index contributed by atoms with van der Waals surface area (Å²) >= 11 is 4.97. The van der Waals surface area contributed by atoms with Gasteiger partial charge in [0.25, 0.3) is 0 Å². The summed E-state index contributed by atoms with van der Waals surface area (Å²) in [6, 6.07) is 8.49. The zero-order valence-corrected chi connectivity index (χ0v) is 28.4. The summed E-state index contributed by atoms with van der Waals surface area (Å²) in [5, 5.41) is -0.319. The summed E-state index contributed by atoms with van der Waals surface area (Å²) in [6.07, 6.45) is 9.16. The average Bonchev–Trinajstić information content (AvgIpc) is 3.74. The van der Waals surface area contributed by atoms with E-state index in [0.717, 1.165) is 58.7 Å². The van der Waals surface area contributed by atoms with Gasteiger partial charge >= 0.3 is 21.3 Å². The van der Waals surface area contributed by atoms with Crippen LogP contribution in [0.3, 0.4) is 0 Å². The van der Waals surface area contributed by atoms with Crippen molar-refractivity contribution in [1.82, 2.24) is 5.32 Å². The Bertz CT molecular complexity index is 1490. The lowest BCUT2D eigenvalue weighted by atomic mass is 10.1. The number of thiophene rings is 3. The van der Waals surface area contributed by atoms with Crippen LogP contribution in [-0.4, -0.2) is 44.0 Å². The zero-order valence-electron chi connectivity index (χ0n) is 25.2. The SMILES string of the molecule is CCCCCCc1ccsc1-c1ccc(-c2sc(/C=C(\NC)C(=O)OCC(F)C(F)(F)S(=O)(=O)O)cc2CCCCCC)s1. The van der Waals surface area contributed by atoms with E-state index in [1.807, 2.05) is 6.07 Å². The van der Waals surface area contributed by atoms with E-state index in [-0.39, 0.29) is 5.70 Å². The van der Waals surface area contributed by atoms with Gasteiger partial charge in [-0.05, 0) is 72.5 Å². The molecule has 1 unspecified atom stereocenters. The van der Waals surface area contributed by atoms with Gasteiger partial charge in [-0.2, -0.15) is 17.2 Å². The summed E-state index contributed by atoms with van der Waals surface area (Å²) in [5.41, 5.74) is 2.39. The van der Waals surface area contributed by atoms with Crippen molar-refractivity contribution >= 4 is 56.2 Å². The molecule has 3 aromatic rings. The van der Waals surface area contributed by atoms with E-state index in [0.29, 0.717) is 0 Å². The van der Waals surface area contributed by atoms with Crippen LogP contribution in [0, 0.1) is 0 Å². The third kappa shape index (κ3) is 9.65. The molecule has 3 aromatic heterocycles. The molecule has 0 radical (unpaired) electrons. The maximum absolute atomic E-state index is 13.9. The number of aryl methyl sites for hydroxylation is 2. The highest BCUT2D eigenvalue weighted by molar-refractivity contribution is 7.86. The predicted octanol–water partition coefficient (Wildman–Crippen LogP) is 9.37. The fourth-order valence-corrected chi connectivity index (χ4v) is 8.41. The van der Waals surface area contributed by atoms with E-state index < -0.39 is 34.1 Å². The Morgan fingerprint density at radius 3 is 2.18 bits per heavy atom. The first-order chi connectivity index (χ1) is 20.9. The van der Waals surface area contributed by atoms with Crippen molar-refractivity contribution in [3.63, 3.8) is 0 Å². The second kappa shape index (κ2) is 16.9. The van der Waals surface area contributed by atoms with Gasteiger partial charge in [0.2, 0.25) is 6.17 Å². The summed E-state index contributed by atoms with van der Waals surface area (Å²) < 4.78 is 75.7. The second-order valence-corrected chi connectivity index (χ2v) is 15.1. The van der Waals surface area contributed by atoms with Gasteiger partial charge in [-0.25, -0.2) is 9.18 Å². The number of alkyl halides is 3. The van der Waals surface area contributed by atoms with Crippen molar-refractivity contribution in [2.24, 2.45) is 0 Å². The Morgan fingerprint density at radius 2 is 1.59 bits per heavy atom. The smallest absolute Gasteiger partial charge is 0.403 e. The molecule has 0 spiro atoms. The maximum Gasteiger partial charge on any atom is 0.403 e. The van der Waals surface area contributed by atoms with Crippen LogP contribution >= 0.6 is 34.0 Å². The van der Waals surface area contributed by atoms with Crippen molar-refractivity contribution in [1.29, 1.82) is 0 Å². The molecular weight excluding hydrogens is 652 g/mol. The molecule has 244 valence electrons. The summed E-state index contributed by atoms with van der Waals surface area (Å²) in [6.45, 7) is 2.81. The first kappa shape index (κ1) is 36.3. The number of hydrogen-bond donors (Lipinski definition) is 2. The molecule has 0 bridgehead atoms. The Labute approximate surface area is 270 Å². The van der Waals surface area contributed by atoms with E-state index in [1.54, 1.807) is 22.7 Å². The number of hydrogen-bond acceptors (Lipinski definition) is 8. The van der Waals surface area contributed by atoms with E-state index in [9.17, 15) is 26.4 Å². The first-order valence-corrected chi connectivity index (χ1v) is 18.7. The quantitative estimate of drug-likeness (QED) is 0.0563. The number of likely N-dealkylation sites (N-methyl/N-ethyl adjacent to an activating group) is 1. The Kier molecular flexibility index (Phi) is 14.0. The second-order valence-electron chi connectivity index (χ2n) is 10.5. The molecule has 0 aliphatic rings. The van der Waals surface area contributed by atoms with Crippen molar-refractivity contribution < 1.29 is 35.7 Å². The molecule has 0 fully saturated rings. The minimum absolute atomic E-state index is 0.115. The van der Waals surface area contributed by atoms with Gasteiger partial charge in [0, 0.05) is 31.4 Å². The summed E-state index contributed by atoms with van der Waals surface area (Å²) in [7, 11) is -4.58. The molecule has 6 nitrogen and oxygen atoms in total. The van der Waals surface area contributed by atoms with Gasteiger partial charge < -0.3 is 10.1 Å². The Balaban J connectivity index is 1.84. The van der Waals surface area contributed by atoms with E-state index in [2.05, 4.69) is 47.5 Å². The van der Waals surface area contributed by atoms with E-state index >= 15 is 0 Å². The largest absolute Gasteiger partial charge is 0.458 e. The highest BCUT2D eigenvalue weighted by Crippen LogP contribution is 2.43. The molecule has 0 saturated heterocycles. The van der Waals surface area contributed by atoms with Gasteiger partial charge in [0.1, 0.15) is 12.3 Å². The number of carbonyl (C=O) groups is 1. The normalized spacial score (nSPS) is 13.3. The zero-order chi connectivity index (χ0) is 32.3. The molecular formula is C31H40F3NO5S4. The van der Waals surface area contributed by atoms with E-state index in [4.69, 9.17) is 4.55 Å². The number of carbonyl (C=O) groups excluding carboxylic acids is 1. The van der Waals surface area contributed by atoms with Crippen molar-refractivity contribution in [3.8, 4) is 19.5 Å². The van der Waals surface area contributed by atoms with Gasteiger partial charge in [0.05, 0.1) is 0 Å². The van der Waals surface area contributed by atoms with Crippen LogP contribution in [0.2, 0.25) is 0 Å². The molecule has 1 atom stereocenters. The number of esters is 1. The monoisotopic (exact) mass is 691 g/mol. The molecule has 44 heavy (non-hydrogen) atoms. The molecule has 0 aliphatic heterocycles. The topological polar surface area (TPSA) is 92.7 Å². The van der Waals surface area contributed by atoms with Crippen LogP contribution in [0.15, 0.2) is 35.3 Å². The van der Waals surface area contributed by atoms with Crippen molar-refractivity contribution in [2.75, 3.05) is 13.7 Å². The van der Waals surface area contributed by atoms with Crippen molar-refractivity contribution in [3.05, 3.63) is 51.3 Å². The van der Waals surface area contributed by atoms with Gasteiger partial charge in [-0.1, -0.05) is 52.4 Å². The molecule has 13 heteroatoms. The predicted molar refractivity (Wildman–Crippen MR) is 176 cm³/mol. The molecule has 3 rings (SSSR count). The number of rotatable bonds is 19. The summed E-state index contributed by atoms with van der Waals surface area (Å²) in [4.78, 5) is 18.0. The van der Waals surface area contributed by atoms with Crippen LogP contribution < -0.4 is 5.32 Å². The maximum atomic E-state index is 13.9. The lowest BCUT2D eigenvalue weighted by Crippen LogP contribution is -2.41. The number of ether oxygens (including phenoxy) is 1. The molecule has 0 aliphatic carbocycles. The van der Waals surface area contributed by atoms with Crippen LogP contribution in [0.1, 0.15) is 81.2 Å². The highest BCUT2D eigenvalue weighted by Gasteiger charge is 2.53. The molecule has 0 aromatic carbocycles. The fraction of sp³-hybridized carbons (Fsp3) is 0.516. The molecule has 0 amide bonds.